The first kappa shape index (κ1) is 34.8. The van der Waals surface area contributed by atoms with Crippen LogP contribution in [-0.4, -0.2) is 111 Å². The van der Waals surface area contributed by atoms with Crippen molar-refractivity contribution in [3.8, 4) is 5.95 Å². The molecule has 1 aromatic carbocycles. The Morgan fingerprint density at radius 1 is 1.00 bits per heavy atom. The molecule has 0 unspecified atom stereocenters. The van der Waals surface area contributed by atoms with Crippen molar-refractivity contribution in [1.82, 2.24) is 44.8 Å². The van der Waals surface area contributed by atoms with Crippen molar-refractivity contribution in [3.05, 3.63) is 76.3 Å². The normalized spacial score (nSPS) is 15.6. The number of hydrogen-bond acceptors (Lipinski definition) is 9. The molecule has 264 valence electrons. The van der Waals surface area contributed by atoms with Crippen LogP contribution in [-0.2, 0) is 17.4 Å². The van der Waals surface area contributed by atoms with Crippen molar-refractivity contribution in [2.24, 2.45) is 5.92 Å². The topological polar surface area (TPSA) is 157 Å². The van der Waals surface area contributed by atoms with E-state index in [4.69, 9.17) is 11.6 Å². The van der Waals surface area contributed by atoms with E-state index >= 15 is 0 Å². The second-order valence-electron chi connectivity index (χ2n) is 12.3. The summed E-state index contributed by atoms with van der Waals surface area (Å²) in [6.45, 7) is 3.32. The zero-order valence-corrected chi connectivity index (χ0v) is 28.1. The molecular formula is C32H35ClF3N11O3. The van der Waals surface area contributed by atoms with Crippen LogP contribution in [0.2, 0.25) is 5.02 Å². The Bertz CT molecular complexity index is 1860. The summed E-state index contributed by atoms with van der Waals surface area (Å²) in [5.41, 5.74) is 0.154. The van der Waals surface area contributed by atoms with E-state index in [0.29, 0.717) is 31.9 Å². The molecule has 4 aromatic rings. The highest BCUT2D eigenvalue weighted by atomic mass is 35.5. The van der Waals surface area contributed by atoms with Crippen molar-refractivity contribution in [2.75, 3.05) is 63.6 Å². The second kappa shape index (κ2) is 14.4. The number of nitrogens with one attached hydrogen (secondary N) is 3. The maximum absolute atomic E-state index is 13.9. The number of piperazine rings is 1. The van der Waals surface area contributed by atoms with Crippen LogP contribution in [0.5, 0.6) is 0 Å². The number of imidazole rings is 1. The molecule has 2 saturated heterocycles. The molecule has 18 heteroatoms. The average Bonchev–Trinajstić information content (AvgIpc) is 3.76. The number of aromatic amines is 1. The van der Waals surface area contributed by atoms with Crippen LogP contribution in [0.15, 0.2) is 43.0 Å². The van der Waals surface area contributed by atoms with Crippen LogP contribution in [0.1, 0.15) is 50.8 Å². The zero-order chi connectivity index (χ0) is 35.6. The van der Waals surface area contributed by atoms with Crippen LogP contribution >= 0.6 is 11.6 Å². The number of H-pyrrole nitrogens is 1. The first-order valence-electron chi connectivity index (χ1n) is 16.0. The molecule has 0 aliphatic carbocycles. The number of amides is 3. The Labute approximate surface area is 290 Å². The highest BCUT2D eigenvalue weighted by molar-refractivity contribution is 6.34. The van der Waals surface area contributed by atoms with E-state index in [-0.39, 0.29) is 63.5 Å². The highest BCUT2D eigenvalue weighted by Gasteiger charge is 2.38. The monoisotopic (exact) mass is 713 g/mol. The van der Waals surface area contributed by atoms with Crippen molar-refractivity contribution < 1.29 is 27.6 Å². The number of carbonyl (C=O) groups is 3. The summed E-state index contributed by atoms with van der Waals surface area (Å²) in [7, 11) is 3.56. The number of hydrogen-bond donors (Lipinski definition) is 3. The number of anilines is 2. The smallest absolute Gasteiger partial charge is 0.375 e. The standard InChI is InChI=1S/C32H35ClF3N11O3/c1-44(2)23-16-39-31(40-17-23)47-18-20(26(43-47)32(34,35)36)13-22-15-38-27(41-22)28(48)42-21-3-4-24(25(33)14-21)30(50)46-11-9-45(10-12-46)29(49)19-5-7-37-8-6-19/h3-4,14-19,37H,5-13H2,1-2H3,(H,38,41)(H,42,48). The molecule has 3 amide bonds. The summed E-state index contributed by atoms with van der Waals surface area (Å²) in [6.07, 6.45) is 2.02. The van der Waals surface area contributed by atoms with Gasteiger partial charge in [-0.3, -0.25) is 14.4 Å². The Balaban J connectivity index is 1.07. The zero-order valence-electron chi connectivity index (χ0n) is 27.3. The summed E-state index contributed by atoms with van der Waals surface area (Å²) in [6, 6.07) is 4.47. The number of nitrogens with zero attached hydrogens (tertiary/aromatic N) is 8. The minimum atomic E-state index is -4.75. The molecule has 0 saturated carbocycles. The maximum atomic E-state index is 13.9. The molecule has 2 aliphatic rings. The minimum Gasteiger partial charge on any atom is -0.375 e. The van der Waals surface area contributed by atoms with Crippen LogP contribution in [0.3, 0.4) is 0 Å². The van der Waals surface area contributed by atoms with Gasteiger partial charge in [-0.15, -0.1) is 0 Å². The van der Waals surface area contributed by atoms with Gasteiger partial charge >= 0.3 is 6.18 Å². The van der Waals surface area contributed by atoms with E-state index in [2.05, 4.69) is 35.7 Å². The minimum absolute atomic E-state index is 0.0172. The molecule has 2 aliphatic heterocycles. The van der Waals surface area contributed by atoms with Gasteiger partial charge in [0.2, 0.25) is 5.91 Å². The summed E-state index contributed by atoms with van der Waals surface area (Å²) in [4.78, 5) is 59.3. The quantitative estimate of drug-likeness (QED) is 0.249. The Morgan fingerprint density at radius 3 is 2.32 bits per heavy atom. The third kappa shape index (κ3) is 7.73. The lowest BCUT2D eigenvalue weighted by atomic mass is 9.96. The number of benzene rings is 1. The van der Waals surface area contributed by atoms with Crippen LogP contribution < -0.4 is 15.5 Å². The molecule has 0 radical (unpaired) electrons. The molecule has 14 nitrogen and oxygen atoms in total. The molecule has 0 atom stereocenters. The maximum Gasteiger partial charge on any atom is 0.435 e. The van der Waals surface area contributed by atoms with Gasteiger partial charge in [0.25, 0.3) is 17.8 Å². The van der Waals surface area contributed by atoms with Crippen molar-refractivity contribution >= 4 is 40.7 Å². The van der Waals surface area contributed by atoms with E-state index in [1.165, 1.54) is 43.0 Å². The lowest BCUT2D eigenvalue weighted by Crippen LogP contribution is -2.52. The van der Waals surface area contributed by atoms with E-state index in [1.807, 2.05) is 4.90 Å². The van der Waals surface area contributed by atoms with Crippen molar-refractivity contribution in [2.45, 2.75) is 25.4 Å². The molecule has 0 spiro atoms. The molecule has 3 N–H and O–H groups in total. The van der Waals surface area contributed by atoms with Gasteiger partial charge in [0.05, 0.1) is 28.7 Å². The Kier molecular flexibility index (Phi) is 10.1. The van der Waals surface area contributed by atoms with Gasteiger partial charge in [0, 0.05) is 82.0 Å². The number of carbonyl (C=O) groups excluding carboxylic acids is 3. The van der Waals surface area contributed by atoms with Gasteiger partial charge in [-0.2, -0.15) is 18.3 Å². The molecule has 3 aromatic heterocycles. The highest BCUT2D eigenvalue weighted by Crippen LogP contribution is 2.32. The van der Waals surface area contributed by atoms with Gasteiger partial charge in [0.15, 0.2) is 11.5 Å². The fraction of sp³-hybridized carbons (Fsp3) is 0.406. The SMILES string of the molecule is CN(C)c1cnc(-n2cc(Cc3cnc(C(=O)Nc4ccc(C(=O)N5CCN(C(=O)C6CCNCC6)CC5)c(Cl)c4)[nH]3)c(C(F)(F)F)n2)nc1. The van der Waals surface area contributed by atoms with Gasteiger partial charge in [-0.1, -0.05) is 11.6 Å². The molecular weight excluding hydrogens is 679 g/mol. The van der Waals surface area contributed by atoms with Gasteiger partial charge in [-0.05, 0) is 44.1 Å². The average molecular weight is 714 g/mol. The van der Waals surface area contributed by atoms with Crippen LogP contribution in [0.25, 0.3) is 5.95 Å². The summed E-state index contributed by atoms with van der Waals surface area (Å²) in [5, 5.41) is 9.71. The molecule has 6 rings (SSSR count). The van der Waals surface area contributed by atoms with Crippen LogP contribution in [0.4, 0.5) is 24.5 Å². The fourth-order valence-electron chi connectivity index (χ4n) is 5.90. The molecule has 50 heavy (non-hydrogen) atoms. The number of rotatable bonds is 8. The summed E-state index contributed by atoms with van der Waals surface area (Å²) >= 11 is 6.46. The number of aromatic nitrogens is 6. The predicted octanol–water partition coefficient (Wildman–Crippen LogP) is 3.25. The largest absolute Gasteiger partial charge is 0.435 e. The first-order chi connectivity index (χ1) is 23.9. The Hall–Kier alpha value is -5.03. The summed E-state index contributed by atoms with van der Waals surface area (Å²) < 4.78 is 42.6. The molecule has 2 fully saturated rings. The van der Waals surface area contributed by atoms with E-state index < -0.39 is 17.8 Å². The number of halogens is 4. The molecule has 5 heterocycles. The van der Waals surface area contributed by atoms with Crippen LogP contribution in [0, 0.1) is 5.92 Å². The third-order valence-electron chi connectivity index (χ3n) is 8.65. The third-order valence-corrected chi connectivity index (χ3v) is 8.97. The Morgan fingerprint density at radius 2 is 1.68 bits per heavy atom. The lowest BCUT2D eigenvalue weighted by Gasteiger charge is -2.37. The van der Waals surface area contributed by atoms with E-state index in [1.54, 1.807) is 23.9 Å². The lowest BCUT2D eigenvalue weighted by molar-refractivity contribution is -0.142. The van der Waals surface area contributed by atoms with E-state index in [0.717, 1.165) is 30.6 Å². The molecule has 0 bridgehead atoms. The number of alkyl halides is 3. The fourth-order valence-corrected chi connectivity index (χ4v) is 6.16. The number of piperidine rings is 1. The summed E-state index contributed by atoms with van der Waals surface area (Å²) in [5.74, 6) is -0.969. The van der Waals surface area contributed by atoms with Gasteiger partial charge in [-0.25, -0.2) is 19.6 Å². The van der Waals surface area contributed by atoms with Crippen molar-refractivity contribution in [1.29, 1.82) is 0 Å². The first-order valence-corrected chi connectivity index (χ1v) is 16.3. The predicted molar refractivity (Wildman–Crippen MR) is 177 cm³/mol. The van der Waals surface area contributed by atoms with Gasteiger partial charge < -0.3 is 30.3 Å². The van der Waals surface area contributed by atoms with Gasteiger partial charge in [0.1, 0.15) is 0 Å². The second-order valence-corrected chi connectivity index (χ2v) is 12.7. The van der Waals surface area contributed by atoms with Crippen molar-refractivity contribution in [3.63, 3.8) is 0 Å². The van der Waals surface area contributed by atoms with E-state index in [9.17, 15) is 27.6 Å².